The second-order valence-corrected chi connectivity index (χ2v) is 8.69. The maximum Gasteiger partial charge on any atom is 0.413 e. The van der Waals surface area contributed by atoms with E-state index in [2.05, 4.69) is 4.98 Å². The smallest absolute Gasteiger partial charge is 0.413 e. The molecular formula is C23H21ClN4O4S. The molecule has 8 nitrogen and oxygen atoms in total. The van der Waals surface area contributed by atoms with Gasteiger partial charge in [-0.1, -0.05) is 29.8 Å². The summed E-state index contributed by atoms with van der Waals surface area (Å²) in [6.07, 6.45) is 2.61. The molecule has 0 radical (unpaired) electrons. The number of imidazole rings is 1. The molecule has 170 valence electrons. The number of nitrogens with zero attached hydrogens (tertiary/aromatic N) is 3. The molecule has 4 rings (SSSR count). The van der Waals surface area contributed by atoms with Gasteiger partial charge in [0.1, 0.15) is 22.4 Å². The minimum atomic E-state index is -0.580. The number of anilines is 1. The average Bonchev–Trinajstić information content (AvgIpc) is 3.41. The lowest BCUT2D eigenvalue weighted by Gasteiger charge is -2.16. The number of thiophene rings is 1. The van der Waals surface area contributed by atoms with Gasteiger partial charge in [0, 0.05) is 36.0 Å². The fraction of sp³-hybridized carbons (Fsp3) is 0.174. The number of hydrogen-bond donors (Lipinski definition) is 1. The lowest BCUT2D eigenvalue weighted by Crippen LogP contribution is -2.25. The SMILES string of the molecule is COC(=O)N(C)c1ccn2c(-c3cc(OC(C)c4ccccc4Cl)c(C(N)=O)s3)cnc2c1. The second-order valence-electron chi connectivity index (χ2n) is 7.24. The fourth-order valence-corrected chi connectivity index (χ4v) is 4.66. The van der Waals surface area contributed by atoms with Crippen LogP contribution in [0.5, 0.6) is 5.75 Å². The van der Waals surface area contributed by atoms with Gasteiger partial charge in [-0.3, -0.25) is 14.1 Å². The van der Waals surface area contributed by atoms with Crippen LogP contribution < -0.4 is 15.4 Å². The molecule has 0 aliphatic heterocycles. The van der Waals surface area contributed by atoms with Crippen molar-refractivity contribution in [3.8, 4) is 16.3 Å². The van der Waals surface area contributed by atoms with Crippen molar-refractivity contribution < 1.29 is 19.1 Å². The second kappa shape index (κ2) is 9.13. The Morgan fingerprint density at radius 3 is 2.70 bits per heavy atom. The van der Waals surface area contributed by atoms with Gasteiger partial charge in [-0.15, -0.1) is 11.3 Å². The van der Waals surface area contributed by atoms with Gasteiger partial charge in [0.05, 0.1) is 29.6 Å². The number of pyridine rings is 1. The number of primary amides is 1. The van der Waals surface area contributed by atoms with Crippen molar-refractivity contribution in [1.82, 2.24) is 9.38 Å². The molecule has 0 saturated heterocycles. The Hall–Kier alpha value is -3.56. The molecule has 0 saturated carbocycles. The maximum absolute atomic E-state index is 12.1. The number of fused-ring (bicyclic) bond motifs is 1. The number of methoxy groups -OCH3 is 1. The normalized spacial score (nSPS) is 11.9. The molecule has 0 aliphatic carbocycles. The van der Waals surface area contributed by atoms with Crippen LogP contribution in [-0.2, 0) is 4.74 Å². The molecule has 1 aromatic carbocycles. The van der Waals surface area contributed by atoms with Crippen molar-refractivity contribution in [2.75, 3.05) is 19.1 Å². The van der Waals surface area contributed by atoms with Crippen LogP contribution in [0.15, 0.2) is 54.9 Å². The first-order chi connectivity index (χ1) is 15.8. The van der Waals surface area contributed by atoms with E-state index in [-0.39, 0.29) is 0 Å². The predicted molar refractivity (Wildman–Crippen MR) is 128 cm³/mol. The highest BCUT2D eigenvalue weighted by Gasteiger charge is 2.22. The van der Waals surface area contributed by atoms with Crippen molar-refractivity contribution in [1.29, 1.82) is 0 Å². The van der Waals surface area contributed by atoms with Crippen LogP contribution in [-0.4, -0.2) is 35.5 Å². The van der Waals surface area contributed by atoms with E-state index in [1.807, 2.05) is 29.5 Å². The van der Waals surface area contributed by atoms with Gasteiger partial charge in [0.15, 0.2) is 0 Å². The maximum atomic E-state index is 12.1. The zero-order valence-corrected chi connectivity index (χ0v) is 19.7. The van der Waals surface area contributed by atoms with Gasteiger partial charge in [-0.2, -0.15) is 0 Å². The van der Waals surface area contributed by atoms with Crippen LogP contribution in [0.1, 0.15) is 28.3 Å². The van der Waals surface area contributed by atoms with E-state index in [4.69, 9.17) is 26.8 Å². The third-order valence-corrected chi connectivity index (χ3v) is 6.65. The number of benzene rings is 1. The number of carbonyl (C=O) groups excluding carboxylic acids is 2. The van der Waals surface area contributed by atoms with Crippen LogP contribution in [0.3, 0.4) is 0 Å². The highest BCUT2D eigenvalue weighted by molar-refractivity contribution is 7.17. The number of ether oxygens (including phenoxy) is 2. The van der Waals surface area contributed by atoms with Crippen molar-refractivity contribution in [2.45, 2.75) is 13.0 Å². The zero-order chi connectivity index (χ0) is 23.7. The quantitative estimate of drug-likeness (QED) is 0.407. The van der Waals surface area contributed by atoms with Crippen LogP contribution in [0.2, 0.25) is 5.02 Å². The largest absolute Gasteiger partial charge is 0.484 e. The molecular weight excluding hydrogens is 464 g/mol. The molecule has 3 heterocycles. The van der Waals surface area contributed by atoms with Gasteiger partial charge >= 0.3 is 6.09 Å². The first-order valence-corrected chi connectivity index (χ1v) is 11.1. The Labute approximate surface area is 199 Å². The summed E-state index contributed by atoms with van der Waals surface area (Å²) in [4.78, 5) is 30.8. The Morgan fingerprint density at radius 1 is 1.24 bits per heavy atom. The number of halogens is 1. The van der Waals surface area contributed by atoms with E-state index >= 15 is 0 Å². The number of hydrogen-bond acceptors (Lipinski definition) is 6. The highest BCUT2D eigenvalue weighted by atomic mass is 35.5. The lowest BCUT2D eigenvalue weighted by atomic mass is 10.1. The van der Waals surface area contributed by atoms with Crippen molar-refractivity contribution in [3.63, 3.8) is 0 Å². The van der Waals surface area contributed by atoms with Crippen molar-refractivity contribution in [3.05, 3.63) is 70.3 Å². The molecule has 4 aromatic rings. The van der Waals surface area contributed by atoms with Gasteiger partial charge < -0.3 is 15.2 Å². The number of rotatable bonds is 6. The average molecular weight is 485 g/mol. The summed E-state index contributed by atoms with van der Waals surface area (Å²) in [7, 11) is 2.94. The Kier molecular flexibility index (Phi) is 6.26. The van der Waals surface area contributed by atoms with E-state index in [9.17, 15) is 9.59 Å². The van der Waals surface area contributed by atoms with Crippen molar-refractivity contribution in [2.24, 2.45) is 5.73 Å². The topological polar surface area (TPSA) is 99.2 Å². The van der Waals surface area contributed by atoms with Crippen LogP contribution in [0.4, 0.5) is 10.5 Å². The van der Waals surface area contributed by atoms with Gasteiger partial charge in [-0.05, 0) is 19.1 Å². The molecule has 10 heteroatoms. The molecule has 0 fully saturated rings. The molecule has 1 unspecified atom stereocenters. The Bertz CT molecular complexity index is 1350. The minimum absolute atomic E-state index is 0.306. The van der Waals surface area contributed by atoms with Gasteiger partial charge in [0.2, 0.25) is 0 Å². The summed E-state index contributed by atoms with van der Waals surface area (Å²) in [5.74, 6) is -0.199. The summed E-state index contributed by atoms with van der Waals surface area (Å²) in [5.41, 5.74) is 8.44. The number of amides is 2. The van der Waals surface area contributed by atoms with E-state index in [0.717, 1.165) is 16.1 Å². The molecule has 3 aromatic heterocycles. The Balaban J connectivity index is 1.69. The summed E-state index contributed by atoms with van der Waals surface area (Å²) in [6, 6.07) is 12.7. The van der Waals surface area contributed by atoms with E-state index < -0.39 is 18.1 Å². The highest BCUT2D eigenvalue weighted by Crippen LogP contribution is 2.39. The summed E-state index contributed by atoms with van der Waals surface area (Å²) in [6.45, 7) is 1.86. The molecule has 0 spiro atoms. The summed E-state index contributed by atoms with van der Waals surface area (Å²) in [5, 5.41) is 0.579. The van der Waals surface area contributed by atoms with Gasteiger partial charge in [0.25, 0.3) is 5.91 Å². The predicted octanol–water partition coefficient (Wildman–Crippen LogP) is 5.16. The fourth-order valence-electron chi connectivity index (χ4n) is 3.42. The standard InChI is InChI=1S/C23H21ClN4O4S/c1-13(15-6-4-5-7-16(15)24)32-18-11-19(33-21(18)22(25)29)17-12-26-20-10-14(8-9-28(17)20)27(2)23(30)31-3/h4-13H,1-3H3,(H2,25,29). The van der Waals surface area contributed by atoms with Gasteiger partial charge in [-0.25, -0.2) is 9.78 Å². The molecule has 0 bridgehead atoms. The van der Waals surface area contributed by atoms with E-state index in [1.165, 1.54) is 23.3 Å². The Morgan fingerprint density at radius 2 is 2.00 bits per heavy atom. The van der Waals surface area contributed by atoms with Crippen LogP contribution in [0.25, 0.3) is 16.2 Å². The molecule has 0 aliphatic rings. The monoisotopic (exact) mass is 484 g/mol. The number of carbonyl (C=O) groups is 2. The zero-order valence-electron chi connectivity index (χ0n) is 18.1. The number of aromatic nitrogens is 2. The molecule has 2 amide bonds. The third-order valence-electron chi connectivity index (χ3n) is 5.15. The summed E-state index contributed by atoms with van der Waals surface area (Å²) < 4.78 is 12.7. The minimum Gasteiger partial charge on any atom is -0.484 e. The third kappa shape index (κ3) is 4.37. The van der Waals surface area contributed by atoms with Crippen molar-refractivity contribution >= 4 is 46.3 Å². The molecule has 33 heavy (non-hydrogen) atoms. The van der Waals surface area contributed by atoms with Crippen LogP contribution in [0, 0.1) is 0 Å². The van der Waals surface area contributed by atoms with E-state index in [0.29, 0.717) is 27.0 Å². The van der Waals surface area contributed by atoms with Crippen LogP contribution >= 0.6 is 22.9 Å². The molecule has 2 N–H and O–H groups in total. The molecule has 1 atom stereocenters. The first kappa shape index (κ1) is 22.6. The number of nitrogens with two attached hydrogens (primary N) is 1. The van der Waals surface area contributed by atoms with E-state index in [1.54, 1.807) is 43.7 Å². The summed E-state index contributed by atoms with van der Waals surface area (Å²) >= 11 is 7.51. The lowest BCUT2D eigenvalue weighted by molar-refractivity contribution is 0.0998. The first-order valence-electron chi connectivity index (χ1n) is 9.94.